The van der Waals surface area contributed by atoms with E-state index in [0.29, 0.717) is 19.6 Å². The number of rotatable bonds is 7. The first-order valence-electron chi connectivity index (χ1n) is 8.26. The van der Waals surface area contributed by atoms with Gasteiger partial charge in [0.1, 0.15) is 5.54 Å². The lowest BCUT2D eigenvalue weighted by molar-refractivity contribution is -0.131. The van der Waals surface area contributed by atoms with Gasteiger partial charge in [-0.25, -0.2) is 4.79 Å². The SMILES string of the molecule is C=CCN(CCN1C(=O)NC2(CCCC2)C1=O)Cc1ccc(Cl)s1. The average Bonchev–Trinajstić information content (AvgIpc) is 3.22. The molecule has 2 fully saturated rings. The molecule has 1 aromatic rings. The number of amides is 3. The van der Waals surface area contributed by atoms with E-state index in [1.165, 1.54) is 4.90 Å². The number of hydrogen-bond donors (Lipinski definition) is 1. The van der Waals surface area contributed by atoms with Crippen molar-refractivity contribution in [2.45, 2.75) is 37.8 Å². The highest BCUT2D eigenvalue weighted by Gasteiger charge is 2.52. The van der Waals surface area contributed by atoms with Crippen LogP contribution >= 0.6 is 22.9 Å². The second kappa shape index (κ2) is 7.25. The van der Waals surface area contributed by atoms with E-state index in [9.17, 15) is 9.59 Å². The standard InChI is InChI=1S/C17H22ClN3O2S/c1-2-9-20(12-13-5-6-14(18)24-13)10-11-21-15(22)17(19-16(21)23)7-3-4-8-17/h2,5-6H,1,3-4,7-12H2,(H,19,23). The summed E-state index contributed by atoms with van der Waals surface area (Å²) in [5.41, 5.74) is -0.623. The van der Waals surface area contributed by atoms with Gasteiger partial charge in [0, 0.05) is 31.1 Å². The first kappa shape index (κ1) is 17.5. The van der Waals surface area contributed by atoms with Gasteiger partial charge >= 0.3 is 6.03 Å². The van der Waals surface area contributed by atoms with E-state index in [-0.39, 0.29) is 11.9 Å². The maximum absolute atomic E-state index is 12.7. The molecule has 1 aromatic heterocycles. The van der Waals surface area contributed by atoms with Crippen LogP contribution in [-0.2, 0) is 11.3 Å². The van der Waals surface area contributed by atoms with Crippen molar-refractivity contribution in [2.75, 3.05) is 19.6 Å². The van der Waals surface area contributed by atoms with Crippen LogP contribution in [0.2, 0.25) is 4.34 Å². The van der Waals surface area contributed by atoms with Gasteiger partial charge in [0.15, 0.2) is 0 Å². The molecule has 5 nitrogen and oxygen atoms in total. The van der Waals surface area contributed by atoms with Gasteiger partial charge in [0.2, 0.25) is 0 Å². The molecule has 2 aliphatic rings. The molecule has 1 aliphatic carbocycles. The number of hydrogen-bond acceptors (Lipinski definition) is 4. The van der Waals surface area contributed by atoms with Crippen molar-refractivity contribution in [1.82, 2.24) is 15.1 Å². The van der Waals surface area contributed by atoms with Gasteiger partial charge in [-0.1, -0.05) is 30.5 Å². The molecule has 0 atom stereocenters. The first-order valence-corrected chi connectivity index (χ1v) is 9.45. The number of halogens is 1. The van der Waals surface area contributed by atoms with E-state index in [1.807, 2.05) is 18.2 Å². The number of urea groups is 1. The summed E-state index contributed by atoms with van der Waals surface area (Å²) in [6.07, 6.45) is 5.36. The lowest BCUT2D eigenvalue weighted by Crippen LogP contribution is -2.44. The highest BCUT2D eigenvalue weighted by Crippen LogP contribution is 2.35. The van der Waals surface area contributed by atoms with E-state index in [2.05, 4.69) is 16.8 Å². The lowest BCUT2D eigenvalue weighted by Gasteiger charge is -2.23. The van der Waals surface area contributed by atoms with Gasteiger partial charge in [-0.05, 0) is 25.0 Å². The summed E-state index contributed by atoms with van der Waals surface area (Å²) >= 11 is 7.53. The smallest absolute Gasteiger partial charge is 0.323 e. The molecule has 0 aromatic carbocycles. The third-order valence-electron chi connectivity index (χ3n) is 4.74. The number of thiophene rings is 1. The van der Waals surface area contributed by atoms with E-state index in [0.717, 1.165) is 41.4 Å². The van der Waals surface area contributed by atoms with Gasteiger partial charge < -0.3 is 5.32 Å². The summed E-state index contributed by atoms with van der Waals surface area (Å²) in [4.78, 5) is 29.6. The zero-order chi connectivity index (χ0) is 17.2. The predicted molar refractivity (Wildman–Crippen MR) is 96.2 cm³/mol. The zero-order valence-electron chi connectivity index (χ0n) is 13.6. The monoisotopic (exact) mass is 367 g/mol. The Hall–Kier alpha value is -1.37. The summed E-state index contributed by atoms with van der Waals surface area (Å²) < 4.78 is 0.765. The maximum atomic E-state index is 12.7. The molecule has 3 rings (SSSR count). The normalized spacial score (nSPS) is 19.5. The van der Waals surface area contributed by atoms with Crippen LogP contribution in [0.5, 0.6) is 0 Å². The highest BCUT2D eigenvalue weighted by molar-refractivity contribution is 7.16. The summed E-state index contributed by atoms with van der Waals surface area (Å²) in [6, 6.07) is 3.64. The van der Waals surface area contributed by atoms with Crippen LogP contribution < -0.4 is 5.32 Å². The van der Waals surface area contributed by atoms with Crippen molar-refractivity contribution < 1.29 is 9.59 Å². The van der Waals surface area contributed by atoms with Crippen LogP contribution in [-0.4, -0.2) is 46.9 Å². The minimum atomic E-state index is -0.623. The fourth-order valence-corrected chi connectivity index (χ4v) is 4.64. The molecule has 0 unspecified atom stereocenters. The quantitative estimate of drug-likeness (QED) is 0.594. The second-order valence-corrected chi connectivity index (χ2v) is 8.21. The molecule has 2 heterocycles. The Morgan fingerprint density at radius 2 is 2.12 bits per heavy atom. The summed E-state index contributed by atoms with van der Waals surface area (Å²) in [6.45, 7) is 6.25. The molecule has 1 saturated carbocycles. The third-order valence-corrected chi connectivity index (χ3v) is 5.95. The van der Waals surface area contributed by atoms with Crippen molar-refractivity contribution in [1.29, 1.82) is 0 Å². The Bertz CT molecular complexity index is 640. The Morgan fingerprint density at radius 3 is 2.75 bits per heavy atom. The highest BCUT2D eigenvalue weighted by atomic mass is 35.5. The molecular formula is C17H22ClN3O2S. The zero-order valence-corrected chi connectivity index (χ0v) is 15.2. The van der Waals surface area contributed by atoms with Crippen molar-refractivity contribution in [3.63, 3.8) is 0 Å². The number of carbonyl (C=O) groups is 2. The number of imide groups is 1. The largest absolute Gasteiger partial charge is 0.325 e. The summed E-state index contributed by atoms with van der Waals surface area (Å²) in [5.74, 6) is -0.0530. The van der Waals surface area contributed by atoms with Crippen LogP contribution in [0.1, 0.15) is 30.6 Å². The Morgan fingerprint density at radius 1 is 1.38 bits per heavy atom. The van der Waals surface area contributed by atoms with Crippen LogP contribution in [0, 0.1) is 0 Å². The van der Waals surface area contributed by atoms with Gasteiger partial charge in [0.25, 0.3) is 5.91 Å². The number of nitrogens with zero attached hydrogens (tertiary/aromatic N) is 2. The summed E-state index contributed by atoms with van der Waals surface area (Å²) in [7, 11) is 0. The summed E-state index contributed by atoms with van der Waals surface area (Å²) in [5, 5.41) is 2.92. The Balaban J connectivity index is 1.60. The minimum Gasteiger partial charge on any atom is -0.323 e. The predicted octanol–water partition coefficient (Wildman–Crippen LogP) is 3.25. The molecule has 1 spiro atoms. The van der Waals surface area contributed by atoms with Crippen LogP contribution in [0.25, 0.3) is 0 Å². The molecule has 1 N–H and O–H groups in total. The van der Waals surface area contributed by atoms with Gasteiger partial charge in [-0.3, -0.25) is 14.6 Å². The van der Waals surface area contributed by atoms with Crippen molar-refractivity contribution in [3.05, 3.63) is 34.0 Å². The Labute approximate surface area is 151 Å². The molecule has 1 saturated heterocycles. The maximum Gasteiger partial charge on any atom is 0.325 e. The van der Waals surface area contributed by atoms with Crippen LogP contribution in [0.3, 0.4) is 0 Å². The van der Waals surface area contributed by atoms with E-state index in [4.69, 9.17) is 11.6 Å². The fraction of sp³-hybridized carbons (Fsp3) is 0.529. The van der Waals surface area contributed by atoms with Crippen molar-refractivity contribution in [2.24, 2.45) is 0 Å². The minimum absolute atomic E-state index is 0.0530. The lowest BCUT2D eigenvalue weighted by atomic mass is 9.98. The van der Waals surface area contributed by atoms with E-state index in [1.54, 1.807) is 11.3 Å². The van der Waals surface area contributed by atoms with Gasteiger partial charge in [0.05, 0.1) is 4.34 Å². The molecule has 3 amide bonds. The third kappa shape index (κ3) is 3.50. The van der Waals surface area contributed by atoms with Crippen LogP contribution in [0.15, 0.2) is 24.8 Å². The Kier molecular flexibility index (Phi) is 5.27. The van der Waals surface area contributed by atoms with Crippen molar-refractivity contribution >= 4 is 34.9 Å². The molecule has 0 bridgehead atoms. The second-order valence-electron chi connectivity index (χ2n) is 6.41. The molecular weight excluding hydrogens is 346 g/mol. The van der Waals surface area contributed by atoms with Gasteiger partial charge in [-0.2, -0.15) is 0 Å². The van der Waals surface area contributed by atoms with E-state index < -0.39 is 5.54 Å². The number of nitrogens with one attached hydrogen (secondary N) is 1. The van der Waals surface area contributed by atoms with Crippen molar-refractivity contribution in [3.8, 4) is 0 Å². The molecule has 7 heteroatoms. The van der Waals surface area contributed by atoms with E-state index >= 15 is 0 Å². The number of carbonyl (C=O) groups excluding carboxylic acids is 2. The first-order chi connectivity index (χ1) is 11.5. The molecule has 1 aliphatic heterocycles. The van der Waals surface area contributed by atoms with Gasteiger partial charge in [-0.15, -0.1) is 17.9 Å². The molecule has 0 radical (unpaired) electrons. The fourth-order valence-electron chi connectivity index (χ4n) is 3.51. The molecule has 130 valence electrons. The van der Waals surface area contributed by atoms with Crippen LogP contribution in [0.4, 0.5) is 4.79 Å². The average molecular weight is 368 g/mol. The molecule has 24 heavy (non-hydrogen) atoms. The topological polar surface area (TPSA) is 52.6 Å².